The van der Waals surface area contributed by atoms with Gasteiger partial charge in [-0.05, 0) is 35.1 Å². The van der Waals surface area contributed by atoms with Crippen LogP contribution in [0.2, 0.25) is 11.1 Å². The molecule has 0 aliphatic heterocycles. The van der Waals surface area contributed by atoms with Crippen LogP contribution in [-0.2, 0) is 17.0 Å². The van der Waals surface area contributed by atoms with Gasteiger partial charge in [0.1, 0.15) is 19.5 Å². The van der Waals surface area contributed by atoms with Gasteiger partial charge >= 0.3 is 0 Å². The predicted molar refractivity (Wildman–Crippen MR) is 107 cm³/mol. The fraction of sp³-hybridized carbons (Fsp3) is 0.400. The molecule has 2 aromatic carbocycles. The summed E-state index contributed by atoms with van der Waals surface area (Å²) in [5.74, 6) is 0. The second-order valence-electron chi connectivity index (χ2n) is 6.47. The van der Waals surface area contributed by atoms with Crippen molar-refractivity contribution in [3.05, 3.63) is 71.8 Å². The molecule has 2 rings (SSSR count). The molecular formula is C20H30OSi2. The topological polar surface area (TPSA) is 9.23 Å². The van der Waals surface area contributed by atoms with Crippen molar-refractivity contribution in [3.63, 3.8) is 0 Å². The first-order valence-electron chi connectivity index (χ1n) is 8.97. The highest BCUT2D eigenvalue weighted by Crippen LogP contribution is 2.20. The van der Waals surface area contributed by atoms with Gasteiger partial charge in [-0.3, -0.25) is 0 Å². The highest BCUT2D eigenvalue weighted by Gasteiger charge is 2.12. The Morgan fingerprint density at radius 1 is 0.696 bits per heavy atom. The molecule has 0 saturated carbocycles. The average Bonchev–Trinajstić information content (AvgIpc) is 2.61. The van der Waals surface area contributed by atoms with Crippen molar-refractivity contribution >= 4 is 19.5 Å². The summed E-state index contributed by atoms with van der Waals surface area (Å²) in [7, 11) is -0.796. The smallest absolute Gasteiger partial charge is 0.149 e. The number of hydrogen-bond acceptors (Lipinski definition) is 1. The predicted octanol–water partition coefficient (Wildman–Crippen LogP) is 4.05. The Morgan fingerprint density at radius 3 is 1.43 bits per heavy atom. The fourth-order valence-corrected chi connectivity index (χ4v) is 7.52. The third-order valence-corrected chi connectivity index (χ3v) is 9.16. The lowest BCUT2D eigenvalue weighted by atomic mass is 10.1. The summed E-state index contributed by atoms with van der Waals surface area (Å²) in [4.78, 5) is 0. The summed E-state index contributed by atoms with van der Waals surface area (Å²) in [6.07, 6.45) is 4.91. The van der Waals surface area contributed by atoms with Gasteiger partial charge in [-0.1, -0.05) is 87.4 Å². The second-order valence-corrected chi connectivity index (χ2v) is 11.1. The minimum absolute atomic E-state index is 0.398. The first kappa shape index (κ1) is 18.2. The van der Waals surface area contributed by atoms with Crippen molar-refractivity contribution in [2.24, 2.45) is 0 Å². The Morgan fingerprint density at radius 2 is 1.09 bits per heavy atom. The Kier molecular flexibility index (Phi) is 8.36. The van der Waals surface area contributed by atoms with Crippen LogP contribution in [0.25, 0.3) is 0 Å². The maximum atomic E-state index is 6.36. The van der Waals surface area contributed by atoms with Crippen molar-refractivity contribution in [1.29, 1.82) is 0 Å². The van der Waals surface area contributed by atoms with E-state index in [0.29, 0.717) is 0 Å². The van der Waals surface area contributed by atoms with Crippen LogP contribution in [0.5, 0.6) is 0 Å². The van der Waals surface area contributed by atoms with Gasteiger partial charge in [0.15, 0.2) is 0 Å². The SMILES string of the molecule is CCC(Cc1ccccc1)[SiH2]O[SiH2]C(CC)Cc1ccccc1. The molecule has 0 bridgehead atoms. The molecule has 2 atom stereocenters. The highest BCUT2D eigenvalue weighted by atomic mass is 28.3. The number of rotatable bonds is 10. The van der Waals surface area contributed by atoms with Gasteiger partial charge in [0.2, 0.25) is 0 Å². The molecule has 0 N–H and O–H groups in total. The molecule has 0 aliphatic rings. The quantitative estimate of drug-likeness (QED) is 0.592. The third-order valence-electron chi connectivity index (χ3n) is 4.60. The zero-order chi connectivity index (χ0) is 16.3. The van der Waals surface area contributed by atoms with Gasteiger partial charge in [-0.15, -0.1) is 0 Å². The molecule has 0 spiro atoms. The van der Waals surface area contributed by atoms with Crippen molar-refractivity contribution in [3.8, 4) is 0 Å². The number of benzene rings is 2. The molecule has 0 aliphatic carbocycles. The molecule has 23 heavy (non-hydrogen) atoms. The molecule has 0 fully saturated rings. The first-order valence-corrected chi connectivity index (χ1v) is 11.8. The zero-order valence-corrected chi connectivity index (χ0v) is 17.4. The zero-order valence-electron chi connectivity index (χ0n) is 14.6. The van der Waals surface area contributed by atoms with Crippen LogP contribution in [0.1, 0.15) is 37.8 Å². The van der Waals surface area contributed by atoms with Crippen molar-refractivity contribution in [2.75, 3.05) is 0 Å². The van der Waals surface area contributed by atoms with Gasteiger partial charge < -0.3 is 4.12 Å². The molecular weight excluding hydrogens is 312 g/mol. The molecule has 1 nitrogen and oxygen atoms in total. The minimum Gasteiger partial charge on any atom is -0.465 e. The van der Waals surface area contributed by atoms with E-state index in [1.165, 1.54) is 36.8 Å². The van der Waals surface area contributed by atoms with Crippen LogP contribution in [-0.4, -0.2) is 19.5 Å². The lowest BCUT2D eigenvalue weighted by Gasteiger charge is -2.18. The molecule has 0 aromatic heterocycles. The van der Waals surface area contributed by atoms with Crippen LogP contribution in [0.3, 0.4) is 0 Å². The summed E-state index contributed by atoms with van der Waals surface area (Å²) in [6.45, 7) is 4.62. The van der Waals surface area contributed by atoms with E-state index in [-0.39, 0.29) is 0 Å². The summed E-state index contributed by atoms with van der Waals surface area (Å²) >= 11 is 0. The summed E-state index contributed by atoms with van der Waals surface area (Å²) < 4.78 is 6.36. The highest BCUT2D eigenvalue weighted by molar-refractivity contribution is 6.44. The van der Waals surface area contributed by atoms with E-state index < -0.39 is 19.5 Å². The second kappa shape index (κ2) is 10.6. The van der Waals surface area contributed by atoms with E-state index in [4.69, 9.17) is 4.12 Å². The van der Waals surface area contributed by atoms with Crippen LogP contribution in [0.15, 0.2) is 60.7 Å². The Bertz CT molecular complexity index is 480. The van der Waals surface area contributed by atoms with Gasteiger partial charge in [0, 0.05) is 0 Å². The summed E-state index contributed by atoms with van der Waals surface area (Å²) in [6, 6.07) is 21.8. The van der Waals surface area contributed by atoms with Gasteiger partial charge in [-0.2, -0.15) is 0 Å². The maximum Gasteiger partial charge on any atom is 0.149 e. The third kappa shape index (κ3) is 6.85. The van der Waals surface area contributed by atoms with Gasteiger partial charge in [0.25, 0.3) is 0 Å². The Balaban J connectivity index is 1.75. The summed E-state index contributed by atoms with van der Waals surface area (Å²) in [5.41, 5.74) is 4.51. The Labute approximate surface area is 146 Å². The lowest BCUT2D eigenvalue weighted by molar-refractivity contribution is 0.568. The van der Waals surface area contributed by atoms with Crippen molar-refractivity contribution in [1.82, 2.24) is 0 Å². The molecule has 3 heteroatoms. The minimum atomic E-state index is -0.398. The molecule has 0 heterocycles. The first-order chi connectivity index (χ1) is 11.3. The van der Waals surface area contributed by atoms with E-state index in [1.807, 2.05) is 0 Å². The average molecular weight is 343 g/mol. The van der Waals surface area contributed by atoms with Gasteiger partial charge in [0.05, 0.1) is 0 Å². The molecule has 2 aromatic rings. The molecule has 0 amide bonds. The van der Waals surface area contributed by atoms with Crippen LogP contribution >= 0.6 is 0 Å². The molecule has 0 saturated heterocycles. The molecule has 124 valence electrons. The fourth-order valence-electron chi connectivity index (χ4n) is 2.94. The van der Waals surface area contributed by atoms with Crippen LogP contribution in [0, 0.1) is 0 Å². The number of hydrogen-bond donors (Lipinski definition) is 0. The molecule has 0 radical (unpaired) electrons. The summed E-state index contributed by atoms with van der Waals surface area (Å²) in [5, 5.41) is 0. The van der Waals surface area contributed by atoms with Gasteiger partial charge in [-0.25, -0.2) is 0 Å². The van der Waals surface area contributed by atoms with E-state index >= 15 is 0 Å². The maximum absolute atomic E-state index is 6.36. The monoisotopic (exact) mass is 342 g/mol. The lowest BCUT2D eigenvalue weighted by Crippen LogP contribution is -2.17. The van der Waals surface area contributed by atoms with E-state index in [0.717, 1.165) is 11.1 Å². The standard InChI is InChI=1S/C20H30OSi2/c1-3-19(15-17-11-7-5-8-12-17)22-21-23-20(4-2)16-18-13-9-6-10-14-18/h5-14,19-20H,3-4,15-16,22-23H2,1-2H3. The van der Waals surface area contributed by atoms with E-state index in [9.17, 15) is 0 Å². The van der Waals surface area contributed by atoms with Crippen LogP contribution < -0.4 is 0 Å². The molecule has 2 unspecified atom stereocenters. The van der Waals surface area contributed by atoms with Crippen LogP contribution in [0.4, 0.5) is 0 Å². The normalized spacial score (nSPS) is 14.7. The largest absolute Gasteiger partial charge is 0.465 e. The van der Waals surface area contributed by atoms with E-state index in [1.54, 1.807) is 0 Å². The van der Waals surface area contributed by atoms with E-state index in [2.05, 4.69) is 74.5 Å². The van der Waals surface area contributed by atoms with Crippen molar-refractivity contribution < 1.29 is 4.12 Å². The Hall–Kier alpha value is -1.17. The van der Waals surface area contributed by atoms with Crippen molar-refractivity contribution in [2.45, 2.75) is 50.6 Å².